The molecule has 2 aromatic heterocycles. The predicted octanol–water partition coefficient (Wildman–Crippen LogP) is 2.30. The van der Waals surface area contributed by atoms with Gasteiger partial charge in [0, 0.05) is 38.2 Å². The number of aryl methyl sites for hydroxylation is 2. The van der Waals surface area contributed by atoms with Crippen LogP contribution in [-0.2, 0) is 18.3 Å². The van der Waals surface area contributed by atoms with Crippen LogP contribution in [0.1, 0.15) is 23.0 Å². The molecule has 0 spiro atoms. The SMILES string of the molecule is Cc1cccnc1CN1CCOC[C@@H]1c1cccn1C. The third kappa shape index (κ3) is 2.62. The summed E-state index contributed by atoms with van der Waals surface area (Å²) in [5, 5.41) is 0. The van der Waals surface area contributed by atoms with Crippen LogP contribution in [0.4, 0.5) is 0 Å². The molecule has 1 aliphatic rings. The molecule has 0 radical (unpaired) electrons. The van der Waals surface area contributed by atoms with Gasteiger partial charge in [-0.3, -0.25) is 9.88 Å². The molecular weight excluding hydrogens is 250 g/mol. The molecule has 20 heavy (non-hydrogen) atoms. The number of rotatable bonds is 3. The summed E-state index contributed by atoms with van der Waals surface area (Å²) in [6, 6.07) is 8.70. The molecular formula is C16H21N3O. The molecule has 2 aromatic rings. The highest BCUT2D eigenvalue weighted by atomic mass is 16.5. The van der Waals surface area contributed by atoms with Gasteiger partial charge in [0.1, 0.15) is 0 Å². The van der Waals surface area contributed by atoms with Crippen LogP contribution in [-0.4, -0.2) is 34.2 Å². The maximum Gasteiger partial charge on any atom is 0.0741 e. The normalized spacial score (nSPS) is 20.2. The number of hydrogen-bond donors (Lipinski definition) is 0. The van der Waals surface area contributed by atoms with Gasteiger partial charge in [-0.1, -0.05) is 6.07 Å². The number of hydrogen-bond acceptors (Lipinski definition) is 3. The van der Waals surface area contributed by atoms with Crippen molar-refractivity contribution in [2.75, 3.05) is 19.8 Å². The lowest BCUT2D eigenvalue weighted by atomic mass is 10.1. The first-order chi connectivity index (χ1) is 9.75. The zero-order valence-electron chi connectivity index (χ0n) is 12.1. The molecule has 1 saturated heterocycles. The van der Waals surface area contributed by atoms with E-state index in [1.165, 1.54) is 11.3 Å². The van der Waals surface area contributed by atoms with E-state index in [2.05, 4.69) is 52.8 Å². The molecule has 3 rings (SSSR count). The number of morpholine rings is 1. The Balaban J connectivity index is 1.83. The molecule has 1 fully saturated rings. The van der Waals surface area contributed by atoms with Gasteiger partial charge >= 0.3 is 0 Å². The second kappa shape index (κ2) is 5.77. The molecule has 106 valence electrons. The van der Waals surface area contributed by atoms with Crippen molar-refractivity contribution >= 4 is 0 Å². The molecule has 1 aliphatic heterocycles. The number of nitrogens with zero attached hydrogens (tertiary/aromatic N) is 3. The van der Waals surface area contributed by atoms with Crippen molar-refractivity contribution in [1.29, 1.82) is 0 Å². The zero-order valence-corrected chi connectivity index (χ0v) is 12.1. The van der Waals surface area contributed by atoms with E-state index in [0.29, 0.717) is 6.04 Å². The van der Waals surface area contributed by atoms with Crippen LogP contribution in [0, 0.1) is 6.92 Å². The summed E-state index contributed by atoms with van der Waals surface area (Å²) in [6.07, 6.45) is 3.97. The van der Waals surface area contributed by atoms with Crippen molar-refractivity contribution in [3.05, 3.63) is 53.6 Å². The van der Waals surface area contributed by atoms with Crippen LogP contribution in [0.5, 0.6) is 0 Å². The van der Waals surface area contributed by atoms with Crippen molar-refractivity contribution in [1.82, 2.24) is 14.5 Å². The largest absolute Gasteiger partial charge is 0.378 e. The predicted molar refractivity (Wildman–Crippen MR) is 78.4 cm³/mol. The molecule has 0 saturated carbocycles. The van der Waals surface area contributed by atoms with E-state index in [1.54, 1.807) is 0 Å². The molecule has 0 unspecified atom stereocenters. The van der Waals surface area contributed by atoms with Gasteiger partial charge in [-0.05, 0) is 30.7 Å². The van der Waals surface area contributed by atoms with Crippen LogP contribution in [0.2, 0.25) is 0 Å². The molecule has 0 amide bonds. The fourth-order valence-electron chi connectivity index (χ4n) is 2.80. The van der Waals surface area contributed by atoms with Crippen molar-refractivity contribution in [2.24, 2.45) is 7.05 Å². The summed E-state index contributed by atoms with van der Waals surface area (Å²) in [4.78, 5) is 6.99. The number of ether oxygens (including phenoxy) is 1. The second-order valence-electron chi connectivity index (χ2n) is 5.37. The molecule has 0 aromatic carbocycles. The first-order valence-electron chi connectivity index (χ1n) is 7.09. The smallest absolute Gasteiger partial charge is 0.0741 e. The molecule has 4 heteroatoms. The fraction of sp³-hybridized carbons (Fsp3) is 0.438. The van der Waals surface area contributed by atoms with Gasteiger partial charge in [-0.2, -0.15) is 0 Å². The number of pyridine rings is 1. The van der Waals surface area contributed by atoms with Gasteiger partial charge in [-0.25, -0.2) is 0 Å². The summed E-state index contributed by atoms with van der Waals surface area (Å²) in [6.45, 7) is 5.51. The molecule has 0 N–H and O–H groups in total. The Morgan fingerprint density at radius 2 is 2.25 bits per heavy atom. The summed E-state index contributed by atoms with van der Waals surface area (Å²) in [5.74, 6) is 0. The lowest BCUT2D eigenvalue weighted by Crippen LogP contribution is -2.40. The minimum absolute atomic E-state index is 0.310. The van der Waals surface area contributed by atoms with Crippen molar-refractivity contribution in [2.45, 2.75) is 19.5 Å². The lowest BCUT2D eigenvalue weighted by molar-refractivity contribution is -0.0158. The van der Waals surface area contributed by atoms with E-state index >= 15 is 0 Å². The van der Waals surface area contributed by atoms with Gasteiger partial charge < -0.3 is 9.30 Å². The van der Waals surface area contributed by atoms with Gasteiger partial charge in [0.25, 0.3) is 0 Å². The highest BCUT2D eigenvalue weighted by Crippen LogP contribution is 2.26. The monoisotopic (exact) mass is 271 g/mol. The van der Waals surface area contributed by atoms with E-state index in [4.69, 9.17) is 4.74 Å². The van der Waals surface area contributed by atoms with Gasteiger partial charge in [0.15, 0.2) is 0 Å². The lowest BCUT2D eigenvalue weighted by Gasteiger charge is -2.35. The third-order valence-electron chi connectivity index (χ3n) is 4.04. The molecule has 4 nitrogen and oxygen atoms in total. The first kappa shape index (κ1) is 13.3. The van der Waals surface area contributed by atoms with Gasteiger partial charge in [-0.15, -0.1) is 0 Å². The summed E-state index contributed by atoms with van der Waals surface area (Å²) >= 11 is 0. The maximum atomic E-state index is 5.68. The molecule has 0 aliphatic carbocycles. The van der Waals surface area contributed by atoms with Crippen molar-refractivity contribution in [3.8, 4) is 0 Å². The average molecular weight is 271 g/mol. The summed E-state index contributed by atoms with van der Waals surface area (Å²) < 4.78 is 7.86. The molecule has 0 bridgehead atoms. The van der Waals surface area contributed by atoms with Crippen molar-refractivity contribution < 1.29 is 4.74 Å². The minimum Gasteiger partial charge on any atom is -0.378 e. The Labute approximate surface area is 120 Å². The van der Waals surface area contributed by atoms with Crippen LogP contribution in [0.3, 0.4) is 0 Å². The van der Waals surface area contributed by atoms with E-state index in [1.807, 2.05) is 12.3 Å². The molecule has 1 atom stereocenters. The Bertz CT molecular complexity index is 579. The van der Waals surface area contributed by atoms with E-state index in [9.17, 15) is 0 Å². The third-order valence-corrected chi connectivity index (χ3v) is 4.04. The van der Waals surface area contributed by atoms with Crippen molar-refractivity contribution in [3.63, 3.8) is 0 Å². The average Bonchev–Trinajstić information content (AvgIpc) is 2.88. The van der Waals surface area contributed by atoms with Crippen LogP contribution in [0.25, 0.3) is 0 Å². The van der Waals surface area contributed by atoms with Gasteiger partial charge in [0.2, 0.25) is 0 Å². The Kier molecular flexibility index (Phi) is 3.85. The first-order valence-corrected chi connectivity index (χ1v) is 7.09. The van der Waals surface area contributed by atoms with Crippen LogP contribution in [0.15, 0.2) is 36.7 Å². The number of aromatic nitrogens is 2. The zero-order chi connectivity index (χ0) is 13.9. The summed E-state index contributed by atoms with van der Waals surface area (Å²) in [7, 11) is 2.09. The van der Waals surface area contributed by atoms with Gasteiger partial charge in [0.05, 0.1) is 24.9 Å². The van der Waals surface area contributed by atoms with E-state index in [0.717, 1.165) is 32.0 Å². The van der Waals surface area contributed by atoms with E-state index in [-0.39, 0.29) is 0 Å². The summed E-state index contributed by atoms with van der Waals surface area (Å²) in [5.41, 5.74) is 3.72. The van der Waals surface area contributed by atoms with E-state index < -0.39 is 0 Å². The highest BCUT2D eigenvalue weighted by Gasteiger charge is 2.26. The Hall–Kier alpha value is -1.65. The standard InChI is InChI=1S/C16H21N3O/c1-13-5-3-7-17-14(13)11-19-9-10-20-12-16(19)15-6-4-8-18(15)2/h3-8,16H,9-12H2,1-2H3/t16-/m1/s1. The van der Waals surface area contributed by atoms with Crippen LogP contribution >= 0.6 is 0 Å². The topological polar surface area (TPSA) is 30.3 Å². The maximum absolute atomic E-state index is 5.68. The van der Waals surface area contributed by atoms with Crippen LogP contribution < -0.4 is 0 Å². The molecule has 3 heterocycles. The second-order valence-corrected chi connectivity index (χ2v) is 5.37. The Morgan fingerprint density at radius 1 is 1.35 bits per heavy atom. The minimum atomic E-state index is 0.310. The quantitative estimate of drug-likeness (QED) is 0.858. The Morgan fingerprint density at radius 3 is 3.00 bits per heavy atom. The highest BCUT2D eigenvalue weighted by molar-refractivity contribution is 5.19. The fourth-order valence-corrected chi connectivity index (χ4v) is 2.80.